The lowest BCUT2D eigenvalue weighted by Gasteiger charge is -2.13. The molecule has 0 aliphatic carbocycles. The van der Waals surface area contributed by atoms with Gasteiger partial charge in [0.25, 0.3) is 0 Å². The molecule has 1 aromatic heterocycles. The predicted molar refractivity (Wildman–Crippen MR) is 135 cm³/mol. The zero-order valence-electron chi connectivity index (χ0n) is 20.8. The molecule has 10 nitrogen and oxygen atoms in total. The van der Waals surface area contributed by atoms with Crippen molar-refractivity contribution in [2.24, 2.45) is 0 Å². The highest BCUT2D eigenvalue weighted by atomic mass is 32.2. The first-order chi connectivity index (χ1) is 18.6. The molecule has 0 spiro atoms. The third-order valence-electron chi connectivity index (χ3n) is 4.90. The third kappa shape index (κ3) is 9.94. The van der Waals surface area contributed by atoms with E-state index in [0.29, 0.717) is 37.3 Å². The number of ether oxygens (including phenoxy) is 3. The Labute approximate surface area is 222 Å². The van der Waals surface area contributed by atoms with Gasteiger partial charge in [0.15, 0.2) is 5.69 Å². The fourth-order valence-corrected chi connectivity index (χ4v) is 4.07. The van der Waals surface area contributed by atoms with Crippen molar-refractivity contribution in [2.45, 2.75) is 11.1 Å². The van der Waals surface area contributed by atoms with Gasteiger partial charge in [-0.05, 0) is 48.5 Å². The minimum atomic E-state index is -4.76. The van der Waals surface area contributed by atoms with Crippen molar-refractivity contribution in [3.05, 3.63) is 66.1 Å². The molecular formula is C24H27F4N5O5S. The maximum absolute atomic E-state index is 13.3. The molecule has 3 rings (SSSR count). The standard InChI is InChI=1S/C24H27F4N5O5S/c1-36-12-13-37-14-15-38-19-6-8-20(9-7-19)39(34,35)30-11-10-29-23-32-21(24(26,27)28)16-22(33-23)31-18-4-2-17(25)3-5-18/h2-9,16,30H,10-15H2,1H3,(H2,29,31,32,33). The van der Waals surface area contributed by atoms with Crippen molar-refractivity contribution in [2.75, 3.05) is 57.3 Å². The maximum Gasteiger partial charge on any atom is 0.433 e. The summed E-state index contributed by atoms with van der Waals surface area (Å²) in [4.78, 5) is 7.41. The molecule has 0 saturated carbocycles. The van der Waals surface area contributed by atoms with Crippen LogP contribution in [-0.4, -0.2) is 65.0 Å². The first kappa shape index (κ1) is 30.0. The van der Waals surface area contributed by atoms with Crippen molar-refractivity contribution >= 4 is 27.5 Å². The van der Waals surface area contributed by atoms with Crippen molar-refractivity contribution in [3.63, 3.8) is 0 Å². The highest BCUT2D eigenvalue weighted by Gasteiger charge is 2.33. The number of halogens is 4. The number of methoxy groups -OCH3 is 1. The van der Waals surface area contributed by atoms with E-state index in [2.05, 4.69) is 25.3 Å². The maximum atomic E-state index is 13.3. The minimum Gasteiger partial charge on any atom is -0.491 e. The highest BCUT2D eigenvalue weighted by molar-refractivity contribution is 7.89. The number of hydrogen-bond acceptors (Lipinski definition) is 9. The van der Waals surface area contributed by atoms with E-state index >= 15 is 0 Å². The average Bonchev–Trinajstić information content (AvgIpc) is 2.90. The molecule has 39 heavy (non-hydrogen) atoms. The van der Waals surface area contributed by atoms with Crippen LogP contribution in [-0.2, 0) is 25.7 Å². The van der Waals surface area contributed by atoms with Crippen LogP contribution >= 0.6 is 0 Å². The normalized spacial score (nSPS) is 11.8. The Hall–Kier alpha value is -3.53. The van der Waals surface area contributed by atoms with E-state index < -0.39 is 27.7 Å². The second kappa shape index (κ2) is 14.0. The first-order valence-corrected chi connectivity index (χ1v) is 13.1. The summed E-state index contributed by atoms with van der Waals surface area (Å²) < 4.78 is 96.2. The molecule has 0 aliphatic heterocycles. The lowest BCUT2D eigenvalue weighted by Crippen LogP contribution is -2.29. The van der Waals surface area contributed by atoms with Gasteiger partial charge in [-0.2, -0.15) is 18.2 Å². The molecule has 1 heterocycles. The van der Waals surface area contributed by atoms with Crippen LogP contribution in [0.2, 0.25) is 0 Å². The highest BCUT2D eigenvalue weighted by Crippen LogP contribution is 2.30. The molecule has 0 fully saturated rings. The number of nitrogens with zero attached hydrogens (tertiary/aromatic N) is 2. The molecule has 0 atom stereocenters. The van der Waals surface area contributed by atoms with E-state index in [0.717, 1.165) is 12.1 Å². The van der Waals surface area contributed by atoms with Crippen LogP contribution in [0.25, 0.3) is 0 Å². The van der Waals surface area contributed by atoms with Gasteiger partial charge in [-0.3, -0.25) is 0 Å². The van der Waals surface area contributed by atoms with Crippen LogP contribution in [0.4, 0.5) is 35.0 Å². The summed E-state index contributed by atoms with van der Waals surface area (Å²) in [6.45, 7) is 1.25. The topological polar surface area (TPSA) is 124 Å². The summed E-state index contributed by atoms with van der Waals surface area (Å²) in [7, 11) is -2.33. The van der Waals surface area contributed by atoms with Gasteiger partial charge in [-0.25, -0.2) is 22.5 Å². The number of rotatable bonds is 15. The van der Waals surface area contributed by atoms with Crippen LogP contribution in [0, 0.1) is 5.82 Å². The predicted octanol–water partition coefficient (Wildman–Crippen LogP) is 3.81. The van der Waals surface area contributed by atoms with Crippen LogP contribution < -0.4 is 20.1 Å². The van der Waals surface area contributed by atoms with Crippen molar-refractivity contribution in [1.29, 1.82) is 0 Å². The Morgan fingerprint density at radius 2 is 1.59 bits per heavy atom. The molecule has 0 saturated heterocycles. The molecule has 0 amide bonds. The fourth-order valence-electron chi connectivity index (χ4n) is 3.04. The largest absolute Gasteiger partial charge is 0.491 e. The van der Waals surface area contributed by atoms with Gasteiger partial charge in [0.2, 0.25) is 16.0 Å². The minimum absolute atomic E-state index is 0.0210. The van der Waals surface area contributed by atoms with Crippen molar-refractivity contribution < 1.29 is 40.2 Å². The van der Waals surface area contributed by atoms with E-state index in [1.807, 2.05) is 0 Å². The van der Waals surface area contributed by atoms with Crippen LogP contribution in [0.5, 0.6) is 5.75 Å². The number of nitrogens with one attached hydrogen (secondary N) is 3. The molecule has 3 aromatic rings. The second-order valence-electron chi connectivity index (χ2n) is 7.84. The molecule has 0 aliphatic rings. The zero-order chi connectivity index (χ0) is 28.3. The zero-order valence-corrected chi connectivity index (χ0v) is 21.6. The molecule has 212 valence electrons. The van der Waals surface area contributed by atoms with Gasteiger partial charge in [-0.15, -0.1) is 0 Å². The SMILES string of the molecule is COCCOCCOc1ccc(S(=O)(=O)NCCNc2nc(Nc3ccc(F)cc3)cc(C(F)(F)F)n2)cc1. The van der Waals surface area contributed by atoms with Gasteiger partial charge in [0.05, 0.1) is 24.7 Å². The number of benzene rings is 2. The van der Waals surface area contributed by atoms with E-state index in [1.54, 1.807) is 7.11 Å². The second-order valence-corrected chi connectivity index (χ2v) is 9.61. The summed E-state index contributed by atoms with van der Waals surface area (Å²) >= 11 is 0. The summed E-state index contributed by atoms with van der Waals surface area (Å²) in [6.07, 6.45) is -4.76. The van der Waals surface area contributed by atoms with Gasteiger partial charge < -0.3 is 24.8 Å². The average molecular weight is 574 g/mol. The quantitative estimate of drug-likeness (QED) is 0.184. The molecule has 2 aromatic carbocycles. The fraction of sp³-hybridized carbons (Fsp3) is 0.333. The Morgan fingerprint density at radius 1 is 0.897 bits per heavy atom. The van der Waals surface area contributed by atoms with E-state index in [9.17, 15) is 26.0 Å². The van der Waals surface area contributed by atoms with Crippen molar-refractivity contribution in [1.82, 2.24) is 14.7 Å². The van der Waals surface area contributed by atoms with E-state index in [4.69, 9.17) is 14.2 Å². The Bertz CT molecular complexity index is 1290. The van der Waals surface area contributed by atoms with E-state index in [1.165, 1.54) is 36.4 Å². The molecule has 15 heteroatoms. The molecular weight excluding hydrogens is 546 g/mol. The number of hydrogen-bond donors (Lipinski definition) is 3. The summed E-state index contributed by atoms with van der Waals surface area (Å²) in [6, 6.07) is 11.4. The molecule has 0 bridgehead atoms. The lowest BCUT2D eigenvalue weighted by atomic mass is 10.3. The summed E-state index contributed by atoms with van der Waals surface area (Å²) in [5, 5.41) is 5.24. The van der Waals surface area contributed by atoms with Crippen LogP contribution in [0.1, 0.15) is 5.69 Å². The Balaban J connectivity index is 1.53. The van der Waals surface area contributed by atoms with Crippen LogP contribution in [0.15, 0.2) is 59.5 Å². The molecule has 3 N–H and O–H groups in total. The summed E-state index contributed by atoms with van der Waals surface area (Å²) in [5.41, 5.74) is -0.900. The smallest absolute Gasteiger partial charge is 0.433 e. The Kier molecular flexibility index (Phi) is 10.8. The number of aromatic nitrogens is 2. The van der Waals surface area contributed by atoms with Gasteiger partial charge >= 0.3 is 6.18 Å². The summed E-state index contributed by atoms with van der Waals surface area (Å²) in [5.74, 6) is -0.609. The third-order valence-corrected chi connectivity index (χ3v) is 6.37. The van der Waals surface area contributed by atoms with Crippen LogP contribution in [0.3, 0.4) is 0 Å². The van der Waals surface area contributed by atoms with Gasteiger partial charge in [0, 0.05) is 32.0 Å². The Morgan fingerprint density at radius 3 is 2.26 bits per heavy atom. The van der Waals surface area contributed by atoms with Gasteiger partial charge in [-0.1, -0.05) is 0 Å². The molecule has 0 unspecified atom stereocenters. The first-order valence-electron chi connectivity index (χ1n) is 11.6. The molecule has 0 radical (unpaired) electrons. The van der Waals surface area contributed by atoms with Crippen molar-refractivity contribution in [3.8, 4) is 5.75 Å². The van der Waals surface area contributed by atoms with Gasteiger partial charge in [0.1, 0.15) is 24.0 Å². The van der Waals surface area contributed by atoms with E-state index in [-0.39, 0.29) is 36.4 Å². The number of alkyl halides is 3. The number of sulfonamides is 1. The lowest BCUT2D eigenvalue weighted by molar-refractivity contribution is -0.141. The number of anilines is 3. The monoisotopic (exact) mass is 573 g/mol.